The number of anilines is 2. The molecule has 0 spiro atoms. The van der Waals surface area contributed by atoms with Crippen LogP contribution in [0.4, 0.5) is 11.6 Å². The summed E-state index contributed by atoms with van der Waals surface area (Å²) in [5, 5.41) is 10.6. The van der Waals surface area contributed by atoms with Gasteiger partial charge in [0.25, 0.3) is 13.9 Å². The molecule has 0 saturated heterocycles. The van der Waals surface area contributed by atoms with Crippen molar-refractivity contribution in [1.29, 1.82) is 0 Å². The van der Waals surface area contributed by atoms with E-state index in [9.17, 15) is 4.79 Å². The second kappa shape index (κ2) is 8.08. The minimum absolute atomic E-state index is 0.0363. The van der Waals surface area contributed by atoms with Gasteiger partial charge in [0.15, 0.2) is 5.82 Å². The van der Waals surface area contributed by atoms with Crippen molar-refractivity contribution in [2.75, 3.05) is 5.32 Å². The van der Waals surface area contributed by atoms with E-state index in [4.69, 9.17) is 13.0 Å². The van der Waals surface area contributed by atoms with Gasteiger partial charge < -0.3 is 10.6 Å². The largest absolute Gasteiger partial charge is 0.345 e. The van der Waals surface area contributed by atoms with Gasteiger partial charge in [-0.15, -0.1) is 0 Å². The molecule has 4 aromatic rings. The van der Waals surface area contributed by atoms with E-state index in [-0.39, 0.29) is 11.9 Å². The smallest absolute Gasteiger partial charge is 0.269 e. The van der Waals surface area contributed by atoms with Crippen LogP contribution < -0.4 is 10.6 Å². The highest BCUT2D eigenvalue weighted by atomic mass is 16.2. The van der Waals surface area contributed by atoms with Crippen molar-refractivity contribution < 1.29 is 4.79 Å². The summed E-state index contributed by atoms with van der Waals surface area (Å²) in [7, 11) is 6.15. The van der Waals surface area contributed by atoms with E-state index in [1.54, 1.807) is 0 Å². The molecular formula is C27H25BN6O. The van der Waals surface area contributed by atoms with E-state index in [1.807, 2.05) is 38.2 Å². The Morgan fingerprint density at radius 2 is 1.89 bits per heavy atom. The molecule has 2 radical (unpaired) electrons. The van der Waals surface area contributed by atoms with Crippen LogP contribution in [0.25, 0.3) is 22.6 Å². The van der Waals surface area contributed by atoms with Crippen LogP contribution in [0.2, 0.25) is 0 Å². The molecule has 1 fully saturated rings. The van der Waals surface area contributed by atoms with Crippen molar-refractivity contribution in [3.05, 3.63) is 76.5 Å². The fourth-order valence-electron chi connectivity index (χ4n) is 4.73. The molecule has 2 aromatic heterocycles. The van der Waals surface area contributed by atoms with Crippen LogP contribution in [0.3, 0.4) is 0 Å². The zero-order chi connectivity index (χ0) is 24.3. The molecule has 3 heterocycles. The summed E-state index contributed by atoms with van der Waals surface area (Å²) in [6.45, 7) is 5.98. The van der Waals surface area contributed by atoms with Crippen LogP contribution in [0.15, 0.2) is 48.7 Å². The number of nitrogens with one attached hydrogen (secondary N) is 2. The Kier molecular flexibility index (Phi) is 4.98. The third kappa shape index (κ3) is 3.89. The van der Waals surface area contributed by atoms with E-state index >= 15 is 0 Å². The number of nitrogens with zero attached hydrogens (tertiary/aromatic N) is 4. The summed E-state index contributed by atoms with van der Waals surface area (Å²) in [5.74, 6) is 1.61. The van der Waals surface area contributed by atoms with Crippen molar-refractivity contribution in [2.45, 2.75) is 45.6 Å². The first kappa shape index (κ1) is 21.6. The van der Waals surface area contributed by atoms with Crippen LogP contribution in [0, 0.1) is 13.8 Å². The lowest BCUT2D eigenvalue weighted by Gasteiger charge is -2.12. The number of rotatable bonds is 5. The quantitative estimate of drug-likeness (QED) is 0.411. The number of carbonyl (C=O) groups is 1. The Morgan fingerprint density at radius 1 is 1.06 bits per heavy atom. The SMILES string of the molecule is [B]n1nc(-c2ccc(-c3ccc(C4CC4)cn3)c(C)c2)nc1Nc1cc2c(cc1C)C(=O)NC2C. The molecule has 2 aliphatic rings. The maximum atomic E-state index is 12.1. The standard InChI is InChI=1S/C27H25BN6O/c1-14-10-18(6-8-20(14)23-9-7-19(13-29-23)17-4-5-17)25-32-27(34(28)33-25)31-24-12-21-16(3)30-26(35)22(21)11-15(24)2/h6-13,16-17H,4-5H2,1-3H3,(H,30,35)(H,31,32,33). The number of aromatic nitrogens is 4. The highest BCUT2D eigenvalue weighted by molar-refractivity contribution is 6.07. The van der Waals surface area contributed by atoms with Gasteiger partial charge >= 0.3 is 0 Å². The number of aryl methyl sites for hydroxylation is 2. The first-order valence-electron chi connectivity index (χ1n) is 11.9. The van der Waals surface area contributed by atoms with E-state index in [0.29, 0.717) is 23.3 Å². The lowest BCUT2D eigenvalue weighted by atomic mass is 10.0. The molecule has 8 heteroatoms. The van der Waals surface area contributed by atoms with Crippen molar-refractivity contribution in [3.63, 3.8) is 0 Å². The molecule has 1 atom stereocenters. The summed E-state index contributed by atoms with van der Waals surface area (Å²) >= 11 is 0. The summed E-state index contributed by atoms with van der Waals surface area (Å²) < 4.78 is 1.25. The van der Waals surface area contributed by atoms with Gasteiger partial charge in [0, 0.05) is 28.6 Å². The van der Waals surface area contributed by atoms with Gasteiger partial charge in [0.1, 0.15) is 0 Å². The van der Waals surface area contributed by atoms with Gasteiger partial charge in [-0.2, -0.15) is 10.1 Å². The fraction of sp³-hybridized carbons (Fsp3) is 0.259. The minimum atomic E-state index is -0.0423. The number of fused-ring (bicyclic) bond motifs is 1. The van der Waals surface area contributed by atoms with Crippen molar-refractivity contribution in [3.8, 4) is 22.6 Å². The van der Waals surface area contributed by atoms with Gasteiger partial charge in [0.05, 0.1) is 11.7 Å². The second-order valence-electron chi connectivity index (χ2n) is 9.56. The number of hydrogen-bond acceptors (Lipinski definition) is 5. The zero-order valence-corrected chi connectivity index (χ0v) is 20.0. The summed E-state index contributed by atoms with van der Waals surface area (Å²) in [4.78, 5) is 21.4. The molecule has 1 aliphatic heterocycles. The first-order valence-corrected chi connectivity index (χ1v) is 11.9. The highest BCUT2D eigenvalue weighted by Gasteiger charge is 2.27. The van der Waals surface area contributed by atoms with Crippen LogP contribution >= 0.6 is 0 Å². The average Bonchev–Trinajstić information content (AvgIpc) is 3.58. The third-order valence-corrected chi connectivity index (χ3v) is 6.93. The van der Waals surface area contributed by atoms with Gasteiger partial charge in [-0.25, -0.2) is 0 Å². The Labute approximate surface area is 205 Å². The minimum Gasteiger partial charge on any atom is -0.345 e. The molecule has 1 aliphatic carbocycles. The molecule has 2 N–H and O–H groups in total. The van der Waals surface area contributed by atoms with E-state index in [2.05, 4.69) is 51.9 Å². The monoisotopic (exact) mass is 460 g/mol. The zero-order valence-electron chi connectivity index (χ0n) is 20.0. The normalized spacial score (nSPS) is 16.8. The lowest BCUT2D eigenvalue weighted by Crippen LogP contribution is -2.16. The fourth-order valence-corrected chi connectivity index (χ4v) is 4.73. The molecule has 2 aromatic carbocycles. The third-order valence-electron chi connectivity index (χ3n) is 6.93. The number of carbonyl (C=O) groups excluding carboxylic acids is 1. The van der Waals surface area contributed by atoms with Crippen molar-refractivity contribution in [2.24, 2.45) is 0 Å². The van der Waals surface area contributed by atoms with Gasteiger partial charge in [-0.1, -0.05) is 18.2 Å². The highest BCUT2D eigenvalue weighted by Crippen LogP contribution is 2.40. The predicted octanol–water partition coefficient (Wildman–Crippen LogP) is 4.98. The summed E-state index contributed by atoms with van der Waals surface area (Å²) in [6.07, 6.45) is 4.55. The van der Waals surface area contributed by atoms with Crippen molar-refractivity contribution in [1.82, 2.24) is 25.0 Å². The number of amides is 1. The molecule has 35 heavy (non-hydrogen) atoms. The van der Waals surface area contributed by atoms with Crippen LogP contribution in [0.1, 0.15) is 64.3 Å². The Morgan fingerprint density at radius 3 is 2.60 bits per heavy atom. The maximum absolute atomic E-state index is 12.1. The van der Waals surface area contributed by atoms with Gasteiger partial charge in [-0.3, -0.25) is 14.4 Å². The van der Waals surface area contributed by atoms with E-state index in [1.165, 1.54) is 23.0 Å². The first-order chi connectivity index (χ1) is 16.9. The van der Waals surface area contributed by atoms with Gasteiger partial charge in [-0.05, 0) is 86.1 Å². The molecule has 1 unspecified atom stereocenters. The van der Waals surface area contributed by atoms with Crippen LogP contribution in [-0.2, 0) is 0 Å². The number of benzene rings is 2. The average molecular weight is 460 g/mol. The van der Waals surface area contributed by atoms with Crippen LogP contribution in [-0.4, -0.2) is 33.5 Å². The maximum Gasteiger partial charge on any atom is 0.269 e. The van der Waals surface area contributed by atoms with Crippen molar-refractivity contribution >= 4 is 25.5 Å². The van der Waals surface area contributed by atoms with E-state index in [0.717, 1.165) is 39.2 Å². The molecular weight excluding hydrogens is 435 g/mol. The Bertz CT molecular complexity index is 1470. The second-order valence-corrected chi connectivity index (χ2v) is 9.56. The van der Waals surface area contributed by atoms with Gasteiger partial charge in [0.2, 0.25) is 5.95 Å². The molecule has 1 saturated carbocycles. The molecule has 172 valence electrons. The molecule has 1 amide bonds. The number of pyridine rings is 1. The van der Waals surface area contributed by atoms with Crippen LogP contribution in [0.5, 0.6) is 0 Å². The Hall–Kier alpha value is -3.94. The Balaban J connectivity index is 1.26. The summed E-state index contributed by atoms with van der Waals surface area (Å²) in [6, 6.07) is 14.2. The molecule has 7 nitrogen and oxygen atoms in total. The number of hydrogen-bond donors (Lipinski definition) is 2. The lowest BCUT2D eigenvalue weighted by molar-refractivity contribution is 0.0958. The predicted molar refractivity (Wildman–Crippen MR) is 137 cm³/mol. The van der Waals surface area contributed by atoms with E-state index < -0.39 is 0 Å². The summed E-state index contributed by atoms with van der Waals surface area (Å²) in [5.41, 5.74) is 8.79. The topological polar surface area (TPSA) is 84.7 Å². The molecule has 0 bridgehead atoms. The molecule has 6 rings (SSSR count).